The van der Waals surface area contributed by atoms with Crippen molar-refractivity contribution in [2.24, 2.45) is 0 Å². The Morgan fingerprint density at radius 3 is 2.82 bits per heavy atom. The van der Waals surface area contributed by atoms with E-state index >= 15 is 0 Å². The SMILES string of the molecule is O=C(N[C@@H]1CCN(Cc2ccc3cccc(F)c3n2)C[C@H]1O)c1ccncc1. The maximum Gasteiger partial charge on any atom is 0.251 e. The number of carbonyl (C=O) groups excluding carboxylic acids is 1. The summed E-state index contributed by atoms with van der Waals surface area (Å²) in [5.41, 5.74) is 1.64. The van der Waals surface area contributed by atoms with Crippen LogP contribution in [0, 0.1) is 5.82 Å². The molecule has 0 bridgehead atoms. The first-order valence-corrected chi connectivity index (χ1v) is 9.25. The summed E-state index contributed by atoms with van der Waals surface area (Å²) in [5.74, 6) is -0.552. The number of nitrogens with zero attached hydrogens (tertiary/aromatic N) is 3. The first-order valence-electron chi connectivity index (χ1n) is 9.25. The number of para-hydroxylation sites is 1. The molecule has 3 heterocycles. The monoisotopic (exact) mass is 380 g/mol. The second kappa shape index (κ2) is 8.00. The van der Waals surface area contributed by atoms with Crippen LogP contribution in [0.25, 0.3) is 10.9 Å². The van der Waals surface area contributed by atoms with Crippen LogP contribution in [0.3, 0.4) is 0 Å². The first kappa shape index (κ1) is 18.5. The number of carbonyl (C=O) groups is 1. The fourth-order valence-corrected chi connectivity index (χ4v) is 3.53. The van der Waals surface area contributed by atoms with Gasteiger partial charge in [0.15, 0.2) is 0 Å². The Hall–Kier alpha value is -2.90. The molecule has 144 valence electrons. The van der Waals surface area contributed by atoms with E-state index < -0.39 is 6.10 Å². The molecule has 3 aromatic rings. The Morgan fingerprint density at radius 2 is 2.04 bits per heavy atom. The van der Waals surface area contributed by atoms with Crippen molar-refractivity contribution in [3.8, 4) is 0 Å². The minimum atomic E-state index is -0.684. The van der Waals surface area contributed by atoms with Gasteiger partial charge in [0.05, 0.1) is 17.8 Å². The lowest BCUT2D eigenvalue weighted by molar-refractivity contribution is 0.0345. The van der Waals surface area contributed by atoms with E-state index in [9.17, 15) is 14.3 Å². The molecule has 4 rings (SSSR count). The Bertz CT molecular complexity index is 983. The number of amides is 1. The van der Waals surface area contributed by atoms with E-state index in [1.165, 1.54) is 6.07 Å². The molecule has 2 N–H and O–H groups in total. The fourth-order valence-electron chi connectivity index (χ4n) is 3.53. The molecule has 0 unspecified atom stereocenters. The van der Waals surface area contributed by atoms with Gasteiger partial charge in [-0.2, -0.15) is 0 Å². The largest absolute Gasteiger partial charge is 0.390 e. The summed E-state index contributed by atoms with van der Waals surface area (Å²) in [6.45, 7) is 1.64. The molecule has 0 spiro atoms. The van der Waals surface area contributed by atoms with Crippen LogP contribution in [0.15, 0.2) is 54.9 Å². The quantitative estimate of drug-likeness (QED) is 0.725. The van der Waals surface area contributed by atoms with Gasteiger partial charge in [-0.3, -0.25) is 14.7 Å². The number of likely N-dealkylation sites (tertiary alicyclic amines) is 1. The summed E-state index contributed by atoms with van der Waals surface area (Å²) in [6, 6.07) is 11.6. The lowest BCUT2D eigenvalue weighted by atomic mass is 10.0. The summed E-state index contributed by atoms with van der Waals surface area (Å²) in [4.78, 5) is 22.7. The molecule has 7 heteroatoms. The highest BCUT2D eigenvalue weighted by molar-refractivity contribution is 5.94. The topological polar surface area (TPSA) is 78.4 Å². The van der Waals surface area contributed by atoms with Gasteiger partial charge in [-0.05, 0) is 30.7 Å². The van der Waals surface area contributed by atoms with Crippen LogP contribution < -0.4 is 5.32 Å². The van der Waals surface area contributed by atoms with Crippen LogP contribution in [0.5, 0.6) is 0 Å². The van der Waals surface area contributed by atoms with Crippen molar-refractivity contribution < 1.29 is 14.3 Å². The van der Waals surface area contributed by atoms with E-state index in [4.69, 9.17) is 0 Å². The van der Waals surface area contributed by atoms with Gasteiger partial charge in [0.1, 0.15) is 11.3 Å². The smallest absolute Gasteiger partial charge is 0.251 e. The minimum Gasteiger partial charge on any atom is -0.390 e. The van der Waals surface area contributed by atoms with Gasteiger partial charge in [-0.1, -0.05) is 18.2 Å². The molecule has 0 aliphatic carbocycles. The molecule has 1 aromatic carbocycles. The predicted molar refractivity (Wildman–Crippen MR) is 103 cm³/mol. The summed E-state index contributed by atoms with van der Waals surface area (Å²) < 4.78 is 14.0. The highest BCUT2D eigenvalue weighted by Gasteiger charge is 2.29. The Balaban J connectivity index is 1.38. The normalized spacial score (nSPS) is 20.2. The number of rotatable bonds is 4. The maximum absolute atomic E-state index is 14.0. The number of aliphatic hydroxyl groups excluding tert-OH is 1. The highest BCUT2D eigenvalue weighted by atomic mass is 19.1. The van der Waals surface area contributed by atoms with Gasteiger partial charge in [-0.25, -0.2) is 9.37 Å². The number of aliphatic hydroxyl groups is 1. The average molecular weight is 380 g/mol. The number of nitrogens with one attached hydrogen (secondary N) is 1. The van der Waals surface area contributed by atoms with Crippen LogP contribution in [0.1, 0.15) is 22.5 Å². The second-order valence-corrected chi connectivity index (χ2v) is 7.02. The van der Waals surface area contributed by atoms with Gasteiger partial charge in [0.25, 0.3) is 5.91 Å². The van der Waals surface area contributed by atoms with Crippen molar-refractivity contribution in [2.75, 3.05) is 13.1 Å². The number of piperidine rings is 1. The number of β-amino-alcohol motifs (C(OH)–C–C–N with tert-alkyl or cyclic N) is 1. The highest BCUT2D eigenvalue weighted by Crippen LogP contribution is 2.19. The molecular weight excluding hydrogens is 359 g/mol. The Labute approximate surface area is 162 Å². The van der Waals surface area contributed by atoms with E-state index in [-0.39, 0.29) is 17.8 Å². The summed E-state index contributed by atoms with van der Waals surface area (Å²) >= 11 is 0. The van der Waals surface area contributed by atoms with Gasteiger partial charge < -0.3 is 10.4 Å². The molecule has 0 radical (unpaired) electrons. The van der Waals surface area contributed by atoms with E-state index in [2.05, 4.69) is 20.2 Å². The Morgan fingerprint density at radius 1 is 1.21 bits per heavy atom. The van der Waals surface area contributed by atoms with Crippen LogP contribution in [0.2, 0.25) is 0 Å². The van der Waals surface area contributed by atoms with E-state index in [1.807, 2.05) is 18.2 Å². The Kier molecular flexibility index (Phi) is 5.27. The summed E-state index contributed by atoms with van der Waals surface area (Å²) in [6.07, 6.45) is 3.07. The molecule has 1 amide bonds. The summed E-state index contributed by atoms with van der Waals surface area (Å²) in [7, 11) is 0. The molecule has 1 saturated heterocycles. The molecule has 2 aromatic heterocycles. The van der Waals surface area contributed by atoms with Crippen molar-refractivity contribution in [3.63, 3.8) is 0 Å². The number of pyridine rings is 2. The van der Waals surface area contributed by atoms with Crippen molar-refractivity contribution in [1.29, 1.82) is 0 Å². The zero-order chi connectivity index (χ0) is 19.5. The van der Waals surface area contributed by atoms with Crippen LogP contribution in [0.4, 0.5) is 4.39 Å². The van der Waals surface area contributed by atoms with Gasteiger partial charge in [-0.15, -0.1) is 0 Å². The predicted octanol–water partition coefficient (Wildman–Crippen LogP) is 2.13. The second-order valence-electron chi connectivity index (χ2n) is 7.02. The maximum atomic E-state index is 14.0. The molecular formula is C21H21FN4O2. The number of hydrogen-bond acceptors (Lipinski definition) is 5. The molecule has 1 aliphatic rings. The molecule has 0 saturated carbocycles. The molecule has 6 nitrogen and oxygen atoms in total. The number of hydrogen-bond donors (Lipinski definition) is 2. The van der Waals surface area contributed by atoms with E-state index in [0.717, 1.165) is 11.1 Å². The average Bonchev–Trinajstić information content (AvgIpc) is 2.71. The van der Waals surface area contributed by atoms with Crippen molar-refractivity contribution in [2.45, 2.75) is 25.1 Å². The number of fused-ring (bicyclic) bond motifs is 1. The standard InChI is InChI=1S/C21H21FN4O2/c22-17-3-1-2-14-4-5-16(24-20(14)17)12-26-11-8-18(19(27)13-26)25-21(28)15-6-9-23-10-7-15/h1-7,9-10,18-19,27H,8,11-13H2,(H,25,28)/t18-,19-/m1/s1. The summed E-state index contributed by atoms with van der Waals surface area (Å²) in [5, 5.41) is 14.1. The third-order valence-corrected chi connectivity index (χ3v) is 5.04. The minimum absolute atomic E-state index is 0.216. The molecule has 2 atom stereocenters. The lowest BCUT2D eigenvalue weighted by Crippen LogP contribution is -2.53. The van der Waals surface area contributed by atoms with Gasteiger partial charge >= 0.3 is 0 Å². The molecule has 28 heavy (non-hydrogen) atoms. The van der Waals surface area contributed by atoms with Crippen LogP contribution in [-0.2, 0) is 6.54 Å². The fraction of sp³-hybridized carbons (Fsp3) is 0.286. The third kappa shape index (κ3) is 4.00. The number of halogens is 1. The number of aromatic nitrogens is 2. The van der Waals surface area contributed by atoms with E-state index in [0.29, 0.717) is 37.1 Å². The third-order valence-electron chi connectivity index (χ3n) is 5.04. The number of benzene rings is 1. The van der Waals surface area contributed by atoms with Crippen LogP contribution in [-0.4, -0.2) is 51.1 Å². The van der Waals surface area contributed by atoms with Crippen molar-refractivity contribution >= 4 is 16.8 Å². The zero-order valence-corrected chi connectivity index (χ0v) is 15.3. The van der Waals surface area contributed by atoms with Crippen LogP contribution >= 0.6 is 0 Å². The van der Waals surface area contributed by atoms with E-state index in [1.54, 1.807) is 30.6 Å². The van der Waals surface area contributed by atoms with Gasteiger partial charge in [0, 0.05) is 43.0 Å². The van der Waals surface area contributed by atoms with Gasteiger partial charge in [0.2, 0.25) is 0 Å². The lowest BCUT2D eigenvalue weighted by Gasteiger charge is -2.36. The van der Waals surface area contributed by atoms with Crippen molar-refractivity contribution in [3.05, 3.63) is 71.9 Å². The molecule has 1 fully saturated rings. The first-order chi connectivity index (χ1) is 13.6. The zero-order valence-electron chi connectivity index (χ0n) is 15.3. The van der Waals surface area contributed by atoms with Crippen molar-refractivity contribution in [1.82, 2.24) is 20.2 Å². The molecule has 1 aliphatic heterocycles.